The number of ketones is 1. The molecule has 9 N–H and O–H groups in total. The number of aromatic nitrogens is 1. The predicted octanol–water partition coefficient (Wildman–Crippen LogP) is 0.873. The number of anilines is 1. The number of thioether (sulfide) groups is 1. The minimum atomic E-state index is -1.93. The highest BCUT2D eigenvalue weighted by molar-refractivity contribution is 8.00. The Morgan fingerprint density at radius 3 is 2.46 bits per heavy atom. The van der Waals surface area contributed by atoms with Crippen LogP contribution in [0.5, 0.6) is 11.5 Å². The highest BCUT2D eigenvalue weighted by Gasteiger charge is 2.58. The summed E-state index contributed by atoms with van der Waals surface area (Å²) >= 11 is 8.32. The smallest absolute Gasteiger partial charge is 0.352 e. The number of nitrogens with one attached hydrogen (secondary N) is 1. The standard InChI is InChI=1S/C33H34ClN7O13S2/c34-22-15(1-2-18(42)26(22)46)23(38-53)27(47)36-12-33-3-5-41(13-33,6-4-33)9-14-10-55-29-16(28(48)40(29)25(14)31(51)52)7-19(43)24(17-11-56-32(35)37-17)39-54-20(30(49)50)8-21(44)45/h1-2,11,16,20,29H,3-10,12-13H2,(H8-,35,36,37,38,39,42,43,44,45,46,47,49,50,51,52,53)/p+1/t16-,20+,29-,33?,41?/m1/s1. The first-order valence-corrected chi connectivity index (χ1v) is 19.2. The average molecular weight is 837 g/mol. The number of benzene rings is 1. The van der Waals surface area contributed by atoms with Crippen LogP contribution in [-0.4, -0.2) is 142 Å². The maximum Gasteiger partial charge on any atom is 0.352 e. The third-order valence-corrected chi connectivity index (χ3v) is 12.9. The molecule has 2 bridgehead atoms. The first-order valence-electron chi connectivity index (χ1n) is 16.9. The maximum absolute atomic E-state index is 13.6. The van der Waals surface area contributed by atoms with E-state index in [1.807, 2.05) is 0 Å². The van der Waals surface area contributed by atoms with E-state index in [-0.39, 0.29) is 44.8 Å². The number of nitrogen functional groups attached to an aromatic ring is 1. The molecule has 5 heterocycles. The maximum atomic E-state index is 13.6. The number of β-lactam (4-membered cyclic amide) rings is 1. The van der Waals surface area contributed by atoms with E-state index in [9.17, 15) is 54.4 Å². The quantitative estimate of drug-likeness (QED) is 0.0290. The Labute approximate surface area is 329 Å². The Kier molecular flexibility index (Phi) is 11.2. The summed E-state index contributed by atoms with van der Waals surface area (Å²) in [5.74, 6) is -8.48. The van der Waals surface area contributed by atoms with Crippen molar-refractivity contribution < 1.29 is 68.8 Å². The number of quaternary nitrogens is 1. The van der Waals surface area contributed by atoms with E-state index < -0.39 is 88.7 Å². The average Bonchev–Trinajstić information content (AvgIpc) is 3.85. The molecule has 56 heavy (non-hydrogen) atoms. The SMILES string of the molecule is Nc1nc(/C(=N/O[C@@H](CC(=O)O)C(=O)O)C(=O)C[C@@H]2C(=O)N3C(C(=O)O)=C(C[N+]45CCC(CNC(=O)/C(=N\O)c6ccc(O)c(O)c6Cl)(CC4)C5)CS[C@H]23)cs1. The lowest BCUT2D eigenvalue weighted by molar-refractivity contribution is -0.904. The Morgan fingerprint density at radius 2 is 1.86 bits per heavy atom. The zero-order chi connectivity index (χ0) is 40.7. The van der Waals surface area contributed by atoms with E-state index in [2.05, 4.69) is 20.6 Å². The summed E-state index contributed by atoms with van der Waals surface area (Å²) in [5, 5.41) is 67.8. The molecule has 2 amide bonds. The summed E-state index contributed by atoms with van der Waals surface area (Å²) in [7, 11) is 0. The van der Waals surface area contributed by atoms with Crippen LogP contribution in [0.15, 0.2) is 39.1 Å². The van der Waals surface area contributed by atoms with E-state index in [1.54, 1.807) is 0 Å². The molecular formula is C33H35ClN7O13S2+. The monoisotopic (exact) mass is 836 g/mol. The number of phenols is 2. The van der Waals surface area contributed by atoms with Gasteiger partial charge in [0.15, 0.2) is 33.8 Å². The molecule has 298 valence electrons. The van der Waals surface area contributed by atoms with Gasteiger partial charge in [-0.1, -0.05) is 21.9 Å². The lowest BCUT2D eigenvalue weighted by atomic mass is 9.84. The van der Waals surface area contributed by atoms with Crippen molar-refractivity contribution >= 4 is 86.8 Å². The number of amides is 2. The van der Waals surface area contributed by atoms with Crippen LogP contribution < -0.4 is 11.1 Å². The summed E-state index contributed by atoms with van der Waals surface area (Å²) in [5.41, 5.74) is 4.64. The molecule has 4 aliphatic heterocycles. The molecule has 0 radical (unpaired) electrons. The van der Waals surface area contributed by atoms with Gasteiger partial charge in [-0.3, -0.25) is 24.1 Å². The summed E-state index contributed by atoms with van der Waals surface area (Å²) in [6.07, 6.45) is -1.95. The Hall–Kier alpha value is -5.45. The second kappa shape index (κ2) is 15.6. The molecule has 4 aliphatic rings. The molecule has 1 aromatic heterocycles. The Morgan fingerprint density at radius 1 is 1.14 bits per heavy atom. The number of nitrogens with two attached hydrogens (primary N) is 1. The number of thiazole rings is 1. The van der Waals surface area contributed by atoms with Gasteiger partial charge in [-0.2, -0.15) is 0 Å². The number of Topliss-reactive ketones (excluding diaryl/α,β-unsaturated/α-hetero) is 1. The number of aliphatic carboxylic acids is 3. The van der Waals surface area contributed by atoms with Gasteiger partial charge in [0.05, 0.1) is 42.4 Å². The van der Waals surface area contributed by atoms with Gasteiger partial charge in [0.2, 0.25) is 12.0 Å². The normalized spacial score (nSPS) is 25.0. The van der Waals surface area contributed by atoms with E-state index >= 15 is 0 Å². The molecule has 0 spiro atoms. The van der Waals surface area contributed by atoms with E-state index in [0.717, 1.165) is 17.4 Å². The number of fused-ring (bicyclic) bond motifs is 3. The van der Waals surface area contributed by atoms with E-state index in [4.69, 9.17) is 27.3 Å². The van der Waals surface area contributed by atoms with Crippen molar-refractivity contribution in [1.82, 2.24) is 15.2 Å². The molecule has 20 nitrogen and oxygen atoms in total. The molecular weight excluding hydrogens is 802 g/mol. The van der Waals surface area contributed by atoms with Gasteiger partial charge < -0.3 is 51.1 Å². The van der Waals surface area contributed by atoms with Crippen LogP contribution in [0.1, 0.15) is 36.9 Å². The fraction of sp³-hybridized carbons (Fsp3) is 0.424. The van der Waals surface area contributed by atoms with Crippen molar-refractivity contribution in [2.45, 2.75) is 37.2 Å². The summed E-state index contributed by atoms with van der Waals surface area (Å²) < 4.78 is 0.519. The number of carbonyl (C=O) groups is 6. The molecule has 23 heteroatoms. The van der Waals surface area contributed by atoms with Crippen LogP contribution in [0, 0.1) is 11.3 Å². The lowest BCUT2D eigenvalue weighted by Crippen LogP contribution is -2.62. The third-order valence-electron chi connectivity index (χ3n) is 10.4. The van der Waals surface area contributed by atoms with Gasteiger partial charge in [-0.25, -0.2) is 14.6 Å². The first kappa shape index (κ1) is 40.2. The Balaban J connectivity index is 1.13. The van der Waals surface area contributed by atoms with Crippen LogP contribution in [0.4, 0.5) is 5.13 Å². The fourth-order valence-electron chi connectivity index (χ4n) is 7.69. The minimum absolute atomic E-state index is 0.0471. The summed E-state index contributed by atoms with van der Waals surface area (Å²) in [6, 6.07) is 2.33. The van der Waals surface area contributed by atoms with Crippen molar-refractivity contribution in [2.75, 3.05) is 44.2 Å². The van der Waals surface area contributed by atoms with Gasteiger partial charge in [0.1, 0.15) is 17.9 Å². The lowest BCUT2D eigenvalue weighted by Gasteiger charge is -2.50. The molecule has 1 aromatic carbocycles. The number of aromatic hydroxyl groups is 2. The molecule has 3 fully saturated rings. The number of carbonyl (C=O) groups excluding carboxylic acids is 3. The largest absolute Gasteiger partial charge is 0.504 e. The second-order valence-corrected chi connectivity index (χ2v) is 16.3. The molecule has 0 saturated carbocycles. The number of hydrogen-bond donors (Lipinski definition) is 8. The van der Waals surface area contributed by atoms with Crippen molar-refractivity contribution in [3.05, 3.63) is 45.1 Å². The summed E-state index contributed by atoms with van der Waals surface area (Å²) in [4.78, 5) is 85.6. The number of hydrogen-bond acceptors (Lipinski definition) is 16. The number of piperidine rings is 1. The zero-order valence-electron chi connectivity index (χ0n) is 29.1. The third kappa shape index (κ3) is 7.68. The minimum Gasteiger partial charge on any atom is -0.504 e. The van der Waals surface area contributed by atoms with Crippen LogP contribution in [0.3, 0.4) is 0 Å². The van der Waals surface area contributed by atoms with Crippen molar-refractivity contribution in [1.29, 1.82) is 0 Å². The highest BCUT2D eigenvalue weighted by atomic mass is 35.5. The van der Waals surface area contributed by atoms with Gasteiger partial charge in [0, 0.05) is 53.5 Å². The molecule has 0 unspecified atom stereocenters. The van der Waals surface area contributed by atoms with Crippen LogP contribution >= 0.6 is 34.7 Å². The van der Waals surface area contributed by atoms with Gasteiger partial charge >= 0.3 is 17.9 Å². The topological polar surface area (TPSA) is 312 Å². The van der Waals surface area contributed by atoms with Crippen LogP contribution in [-0.2, 0) is 33.6 Å². The molecule has 2 aromatic rings. The number of carboxylic acids is 3. The zero-order valence-corrected chi connectivity index (χ0v) is 31.5. The summed E-state index contributed by atoms with van der Waals surface area (Å²) in [6.45, 7) is 2.47. The highest BCUT2D eigenvalue weighted by Crippen LogP contribution is 2.49. The van der Waals surface area contributed by atoms with Crippen molar-refractivity contribution in [3.63, 3.8) is 0 Å². The van der Waals surface area contributed by atoms with Crippen molar-refractivity contribution in [2.24, 2.45) is 21.6 Å². The van der Waals surface area contributed by atoms with E-state index in [0.29, 0.717) is 49.1 Å². The van der Waals surface area contributed by atoms with Crippen molar-refractivity contribution in [3.8, 4) is 11.5 Å². The second-order valence-electron chi connectivity index (χ2n) is 14.0. The number of oxime groups is 2. The number of carboxylic acid groups (broad SMARTS) is 3. The number of phenolic OH excluding ortho intramolecular Hbond substituents is 2. The van der Waals surface area contributed by atoms with Crippen LogP contribution in [0.25, 0.3) is 0 Å². The number of rotatable bonds is 16. The number of nitrogens with zero attached hydrogens (tertiary/aromatic N) is 5. The molecule has 6 rings (SSSR count). The van der Waals surface area contributed by atoms with E-state index in [1.165, 1.54) is 28.1 Å². The molecule has 3 saturated heterocycles. The fourth-order valence-corrected chi connectivity index (χ4v) is 9.89. The number of halogens is 1. The first-order chi connectivity index (χ1) is 26.5. The predicted molar refractivity (Wildman–Crippen MR) is 196 cm³/mol. The van der Waals surface area contributed by atoms with Crippen LogP contribution in [0.2, 0.25) is 5.02 Å². The molecule has 0 aliphatic carbocycles. The van der Waals surface area contributed by atoms with Gasteiger partial charge in [-0.15, -0.1) is 23.1 Å². The molecule has 3 atom stereocenters. The van der Waals surface area contributed by atoms with Gasteiger partial charge in [-0.05, 0) is 12.1 Å². The van der Waals surface area contributed by atoms with Gasteiger partial charge in [0.25, 0.3) is 5.91 Å². The Bertz CT molecular complexity index is 2110.